The van der Waals surface area contributed by atoms with Crippen LogP contribution in [0.25, 0.3) is 0 Å². The van der Waals surface area contributed by atoms with Gasteiger partial charge in [-0.05, 0) is 62.6 Å². The van der Waals surface area contributed by atoms with Crippen LogP contribution in [-0.4, -0.2) is 63.0 Å². The van der Waals surface area contributed by atoms with Gasteiger partial charge >= 0.3 is 0 Å². The van der Waals surface area contributed by atoms with Crippen LogP contribution in [0.2, 0.25) is 5.02 Å². The average molecular weight is 420 g/mol. The van der Waals surface area contributed by atoms with Gasteiger partial charge in [-0.2, -0.15) is 0 Å². The molecule has 5 nitrogen and oxygen atoms in total. The Kier molecular flexibility index (Phi) is 6.99. The average Bonchev–Trinajstić information content (AvgIpc) is 3.55. The second-order valence-corrected chi connectivity index (χ2v) is 9.14. The molecule has 1 aromatic rings. The van der Waals surface area contributed by atoms with Crippen LogP contribution in [-0.2, 0) is 14.9 Å². The highest BCUT2D eigenvalue weighted by Crippen LogP contribution is 2.48. The monoisotopic (exact) mass is 419 g/mol. The van der Waals surface area contributed by atoms with E-state index in [1.54, 1.807) is 0 Å². The topological polar surface area (TPSA) is 46.1 Å². The van der Waals surface area contributed by atoms with Gasteiger partial charge in [0.1, 0.15) is 0 Å². The number of rotatable bonds is 6. The lowest BCUT2D eigenvalue weighted by molar-refractivity contribution is -0.0721. The number of hydrogen-bond acceptors (Lipinski definition) is 3. The van der Waals surface area contributed by atoms with Gasteiger partial charge in [0.2, 0.25) is 0 Å². The van der Waals surface area contributed by atoms with E-state index < -0.39 is 0 Å². The van der Waals surface area contributed by atoms with Gasteiger partial charge in [-0.3, -0.25) is 4.99 Å². The number of likely N-dealkylation sites (tertiary alicyclic amines) is 1. The van der Waals surface area contributed by atoms with Gasteiger partial charge in [0.25, 0.3) is 0 Å². The fraction of sp³-hybridized carbons (Fsp3) is 0.696. The molecule has 0 aromatic heterocycles. The molecule has 2 heterocycles. The molecule has 0 spiro atoms. The predicted molar refractivity (Wildman–Crippen MR) is 118 cm³/mol. The number of nitrogens with one attached hydrogen (secondary N) is 1. The van der Waals surface area contributed by atoms with Crippen LogP contribution < -0.4 is 5.32 Å². The number of guanidine groups is 1. The van der Waals surface area contributed by atoms with Crippen molar-refractivity contribution in [1.82, 2.24) is 10.2 Å². The van der Waals surface area contributed by atoms with Crippen molar-refractivity contribution in [3.05, 3.63) is 34.9 Å². The number of halogens is 1. The maximum absolute atomic E-state index is 6.21. The van der Waals surface area contributed by atoms with E-state index in [9.17, 15) is 0 Å². The molecule has 3 aliphatic rings. The Bertz CT molecular complexity index is 693. The van der Waals surface area contributed by atoms with Gasteiger partial charge < -0.3 is 19.7 Å². The fourth-order valence-electron chi connectivity index (χ4n) is 4.53. The van der Waals surface area contributed by atoms with Crippen LogP contribution >= 0.6 is 11.6 Å². The van der Waals surface area contributed by atoms with E-state index in [0.29, 0.717) is 12.2 Å². The van der Waals surface area contributed by atoms with Crippen molar-refractivity contribution < 1.29 is 9.47 Å². The van der Waals surface area contributed by atoms with Crippen molar-refractivity contribution >= 4 is 17.6 Å². The van der Waals surface area contributed by atoms with Gasteiger partial charge in [0.05, 0.1) is 18.8 Å². The first-order valence-corrected chi connectivity index (χ1v) is 11.5. The summed E-state index contributed by atoms with van der Waals surface area (Å²) in [5.74, 6) is 1.01. The molecule has 1 aliphatic carbocycles. The fourth-order valence-corrected chi connectivity index (χ4v) is 4.72. The lowest BCUT2D eigenvalue weighted by Gasteiger charge is -2.35. The Morgan fingerprint density at radius 3 is 2.76 bits per heavy atom. The maximum atomic E-state index is 6.21. The zero-order valence-electron chi connectivity index (χ0n) is 17.5. The number of aliphatic imine (C=N–C) groups is 1. The Morgan fingerprint density at radius 1 is 1.28 bits per heavy atom. The van der Waals surface area contributed by atoms with E-state index in [0.717, 1.165) is 63.1 Å². The molecule has 1 atom stereocenters. The molecular formula is C23H34ClN3O2. The third-order valence-corrected chi connectivity index (χ3v) is 6.86. The molecule has 2 saturated heterocycles. The minimum absolute atomic E-state index is 0.211. The van der Waals surface area contributed by atoms with Gasteiger partial charge in [0.15, 0.2) is 5.96 Å². The van der Waals surface area contributed by atoms with E-state index in [1.807, 2.05) is 13.1 Å². The van der Waals surface area contributed by atoms with Crippen LogP contribution in [0.4, 0.5) is 0 Å². The number of piperidine rings is 1. The summed E-state index contributed by atoms with van der Waals surface area (Å²) >= 11 is 6.21. The van der Waals surface area contributed by atoms with Crippen LogP contribution in [0.1, 0.15) is 50.5 Å². The highest BCUT2D eigenvalue weighted by Gasteiger charge is 2.44. The lowest BCUT2D eigenvalue weighted by Crippen LogP contribution is -2.48. The molecule has 1 saturated carbocycles. The van der Waals surface area contributed by atoms with Gasteiger partial charge in [-0.1, -0.05) is 23.7 Å². The second kappa shape index (κ2) is 9.67. The van der Waals surface area contributed by atoms with Crippen molar-refractivity contribution in [2.75, 3.05) is 39.9 Å². The molecule has 160 valence electrons. The molecule has 1 N–H and O–H groups in total. The number of benzene rings is 1. The molecule has 0 radical (unpaired) electrons. The van der Waals surface area contributed by atoms with Crippen LogP contribution in [0.15, 0.2) is 29.3 Å². The molecule has 2 aliphatic heterocycles. The summed E-state index contributed by atoms with van der Waals surface area (Å²) in [7, 11) is 1.88. The Labute approximate surface area is 179 Å². The van der Waals surface area contributed by atoms with E-state index in [1.165, 1.54) is 31.2 Å². The summed E-state index contributed by atoms with van der Waals surface area (Å²) in [6.45, 7) is 4.53. The van der Waals surface area contributed by atoms with E-state index in [2.05, 4.69) is 33.4 Å². The first-order valence-electron chi connectivity index (χ1n) is 11.1. The predicted octanol–water partition coefficient (Wildman–Crippen LogP) is 4.00. The number of ether oxygens (including phenoxy) is 2. The Balaban J connectivity index is 1.22. The second-order valence-electron chi connectivity index (χ2n) is 8.70. The van der Waals surface area contributed by atoms with E-state index >= 15 is 0 Å². The molecular weight excluding hydrogens is 386 g/mol. The van der Waals surface area contributed by atoms with Crippen molar-refractivity contribution in [1.29, 1.82) is 0 Å². The van der Waals surface area contributed by atoms with Gasteiger partial charge in [-0.15, -0.1) is 0 Å². The minimum Gasteiger partial charge on any atom is -0.376 e. The smallest absolute Gasteiger partial charge is 0.193 e. The summed E-state index contributed by atoms with van der Waals surface area (Å²) in [6, 6.07) is 8.30. The van der Waals surface area contributed by atoms with Gasteiger partial charge in [-0.25, -0.2) is 0 Å². The van der Waals surface area contributed by atoms with Crippen LogP contribution in [0.3, 0.4) is 0 Å². The van der Waals surface area contributed by atoms with Crippen molar-refractivity contribution in [3.8, 4) is 0 Å². The standard InChI is InChI=1S/C23H34ClN3O2/c1-25-22(26-17-23(10-11-23)18-5-4-6-19(24)15-18)27-12-8-20(9-13-27)29-16-21-7-2-3-14-28-21/h4-6,15,20-21H,2-3,7-14,16-17H2,1H3,(H,25,26). The largest absolute Gasteiger partial charge is 0.376 e. The van der Waals surface area contributed by atoms with Crippen molar-refractivity contribution in [3.63, 3.8) is 0 Å². The van der Waals surface area contributed by atoms with Crippen LogP contribution in [0, 0.1) is 0 Å². The zero-order chi connectivity index (χ0) is 20.1. The van der Waals surface area contributed by atoms with Crippen molar-refractivity contribution in [2.45, 2.75) is 62.6 Å². The van der Waals surface area contributed by atoms with E-state index in [4.69, 9.17) is 21.1 Å². The Morgan fingerprint density at radius 2 is 2.10 bits per heavy atom. The summed E-state index contributed by atoms with van der Waals surface area (Å²) in [4.78, 5) is 6.91. The SMILES string of the molecule is CN=C(NCC1(c2cccc(Cl)c2)CC1)N1CCC(OCC2CCCCO2)CC1. The van der Waals surface area contributed by atoms with Gasteiger partial charge in [0, 0.05) is 43.7 Å². The summed E-state index contributed by atoms with van der Waals surface area (Å²) < 4.78 is 11.9. The number of nitrogens with zero attached hydrogens (tertiary/aromatic N) is 2. The molecule has 1 unspecified atom stereocenters. The summed E-state index contributed by atoms with van der Waals surface area (Å²) in [5, 5.41) is 4.45. The van der Waals surface area contributed by atoms with E-state index in [-0.39, 0.29) is 5.41 Å². The first kappa shape index (κ1) is 21.0. The molecule has 29 heavy (non-hydrogen) atoms. The minimum atomic E-state index is 0.211. The molecule has 1 aromatic carbocycles. The quantitative estimate of drug-likeness (QED) is 0.559. The molecule has 4 rings (SSSR count). The first-order chi connectivity index (χ1) is 14.2. The third kappa shape index (κ3) is 5.44. The zero-order valence-corrected chi connectivity index (χ0v) is 18.3. The third-order valence-electron chi connectivity index (χ3n) is 6.62. The van der Waals surface area contributed by atoms with Crippen LogP contribution in [0.5, 0.6) is 0 Å². The molecule has 0 amide bonds. The molecule has 6 heteroatoms. The Hall–Kier alpha value is -1.30. The maximum Gasteiger partial charge on any atom is 0.193 e. The summed E-state index contributed by atoms with van der Waals surface area (Å²) in [5.41, 5.74) is 1.55. The summed E-state index contributed by atoms with van der Waals surface area (Å²) in [6.07, 6.45) is 8.76. The highest BCUT2D eigenvalue weighted by atomic mass is 35.5. The number of hydrogen-bond donors (Lipinski definition) is 1. The molecule has 3 fully saturated rings. The normalized spacial score (nSPS) is 25.1. The highest BCUT2D eigenvalue weighted by molar-refractivity contribution is 6.30. The lowest BCUT2D eigenvalue weighted by atomic mass is 9.96. The molecule has 0 bridgehead atoms. The van der Waals surface area contributed by atoms with Crippen molar-refractivity contribution in [2.24, 2.45) is 4.99 Å².